The zero-order valence-corrected chi connectivity index (χ0v) is 18.1. The van der Waals surface area contributed by atoms with Crippen LogP contribution in [0.25, 0.3) is 0 Å². The Hall–Kier alpha value is -2.67. The zero-order chi connectivity index (χ0) is 21.4. The van der Waals surface area contributed by atoms with E-state index in [1.165, 1.54) is 0 Å². The minimum Gasteiger partial charge on any atom is -0.375 e. The lowest BCUT2D eigenvalue weighted by molar-refractivity contribution is -0.126. The molecule has 2 amide bonds. The third kappa shape index (κ3) is 3.99. The van der Waals surface area contributed by atoms with E-state index < -0.39 is 0 Å². The van der Waals surface area contributed by atoms with Crippen molar-refractivity contribution in [2.45, 2.75) is 56.2 Å². The molecule has 1 unspecified atom stereocenters. The van der Waals surface area contributed by atoms with Gasteiger partial charge in [0.1, 0.15) is 0 Å². The zero-order valence-electron chi connectivity index (χ0n) is 18.1. The van der Waals surface area contributed by atoms with Crippen LogP contribution >= 0.6 is 0 Å². The molecule has 1 aromatic carbocycles. The van der Waals surface area contributed by atoms with E-state index in [-0.39, 0.29) is 23.5 Å². The Kier molecular flexibility index (Phi) is 5.30. The number of rotatable bonds is 4. The highest BCUT2D eigenvalue weighted by Crippen LogP contribution is 2.40. The topological polar surface area (TPSA) is 67.7 Å². The minimum absolute atomic E-state index is 0.0198. The highest BCUT2D eigenvalue weighted by Gasteiger charge is 2.46. The highest BCUT2D eigenvalue weighted by molar-refractivity contribution is 5.95. The molecule has 1 spiro atoms. The van der Waals surface area contributed by atoms with Crippen LogP contribution < -0.4 is 0 Å². The molecule has 1 atom stereocenters. The molecule has 0 radical (unpaired) electrons. The van der Waals surface area contributed by atoms with E-state index in [9.17, 15) is 9.59 Å². The summed E-state index contributed by atoms with van der Waals surface area (Å²) in [5.74, 6) is 0.605. The normalized spacial score (nSPS) is 23.0. The lowest BCUT2D eigenvalue weighted by atomic mass is 9.81. The lowest BCUT2D eigenvalue weighted by Gasteiger charge is -2.48. The van der Waals surface area contributed by atoms with Crippen molar-refractivity contribution in [1.82, 2.24) is 19.4 Å². The Morgan fingerprint density at radius 3 is 2.48 bits per heavy atom. The van der Waals surface area contributed by atoms with E-state index >= 15 is 0 Å². The van der Waals surface area contributed by atoms with Crippen molar-refractivity contribution in [2.75, 3.05) is 19.7 Å². The van der Waals surface area contributed by atoms with Gasteiger partial charge < -0.3 is 19.1 Å². The van der Waals surface area contributed by atoms with Crippen molar-refractivity contribution < 1.29 is 14.3 Å². The van der Waals surface area contributed by atoms with Crippen LogP contribution in [0.3, 0.4) is 0 Å². The molecular formula is C24H30N4O3. The molecule has 3 heterocycles. The molecule has 2 aliphatic heterocycles. The van der Waals surface area contributed by atoms with Crippen LogP contribution in [0.2, 0.25) is 0 Å². The van der Waals surface area contributed by atoms with Gasteiger partial charge in [-0.3, -0.25) is 9.59 Å². The molecule has 7 heteroatoms. The molecule has 7 nitrogen and oxygen atoms in total. The number of likely N-dealkylation sites (tertiary alicyclic amines) is 1. The average Bonchev–Trinajstić information content (AvgIpc) is 3.53. The Balaban J connectivity index is 1.27. The fourth-order valence-electron chi connectivity index (χ4n) is 5.13. The number of hydrogen-bond acceptors (Lipinski definition) is 4. The van der Waals surface area contributed by atoms with Gasteiger partial charge in [0, 0.05) is 56.8 Å². The second-order valence-corrected chi connectivity index (χ2v) is 9.14. The summed E-state index contributed by atoms with van der Waals surface area (Å²) in [6, 6.07) is 10.2. The quantitative estimate of drug-likeness (QED) is 0.760. The second-order valence-electron chi connectivity index (χ2n) is 9.14. The smallest absolute Gasteiger partial charge is 0.289 e. The first kappa shape index (κ1) is 20.2. The monoisotopic (exact) mass is 422 g/mol. The van der Waals surface area contributed by atoms with E-state index in [0.29, 0.717) is 31.6 Å². The highest BCUT2D eigenvalue weighted by atomic mass is 16.5. The van der Waals surface area contributed by atoms with E-state index in [0.717, 1.165) is 44.1 Å². The van der Waals surface area contributed by atoms with Crippen LogP contribution in [0.5, 0.6) is 0 Å². The average molecular weight is 423 g/mol. The molecule has 1 aliphatic carbocycles. The van der Waals surface area contributed by atoms with Gasteiger partial charge in [-0.05, 0) is 50.7 Å². The van der Waals surface area contributed by atoms with Gasteiger partial charge in [0.05, 0.1) is 5.60 Å². The summed E-state index contributed by atoms with van der Waals surface area (Å²) in [4.78, 5) is 34.4. The van der Waals surface area contributed by atoms with Crippen molar-refractivity contribution in [3.8, 4) is 0 Å². The number of benzene rings is 1. The van der Waals surface area contributed by atoms with Crippen LogP contribution in [0.1, 0.15) is 59.5 Å². The number of ether oxygens (including phenoxy) is 1. The molecule has 5 rings (SSSR count). The number of aryl methyl sites for hydroxylation is 1. The maximum atomic E-state index is 13.3. The van der Waals surface area contributed by atoms with Crippen LogP contribution in [-0.2, 0) is 11.8 Å². The number of nitrogens with zero attached hydrogens (tertiary/aromatic N) is 4. The molecule has 2 aromatic rings. The molecular weight excluding hydrogens is 392 g/mol. The number of carbonyl (C=O) groups is 2. The van der Waals surface area contributed by atoms with Crippen molar-refractivity contribution in [1.29, 1.82) is 0 Å². The van der Waals surface area contributed by atoms with Gasteiger partial charge in [0.2, 0.25) is 0 Å². The third-order valence-corrected chi connectivity index (χ3v) is 7.03. The SMILES string of the molecule is Cn1ccnc1C(=O)N1CCC2(CC1)CC(N(C(=O)c1ccccc1)C1CC1)CCO2. The Labute approximate surface area is 183 Å². The fourth-order valence-corrected chi connectivity index (χ4v) is 5.13. The predicted molar refractivity (Wildman–Crippen MR) is 116 cm³/mol. The standard InChI is InChI=1S/C24H30N4O3/c1-26-15-12-25-21(26)23(30)27-13-10-24(11-14-27)17-20(9-16-31-24)28(19-7-8-19)22(29)18-5-3-2-4-6-18/h2-6,12,15,19-20H,7-11,13-14,16-17H2,1H3. The van der Waals surface area contributed by atoms with Crippen LogP contribution in [0.4, 0.5) is 0 Å². The van der Waals surface area contributed by atoms with Gasteiger partial charge in [0.15, 0.2) is 5.82 Å². The maximum Gasteiger partial charge on any atom is 0.289 e. The van der Waals surface area contributed by atoms with Gasteiger partial charge in [-0.15, -0.1) is 0 Å². The largest absolute Gasteiger partial charge is 0.375 e. The summed E-state index contributed by atoms with van der Waals surface area (Å²) in [5, 5.41) is 0. The molecule has 1 aromatic heterocycles. The summed E-state index contributed by atoms with van der Waals surface area (Å²) in [6.07, 6.45) is 8.98. The summed E-state index contributed by atoms with van der Waals surface area (Å²) < 4.78 is 8.08. The van der Waals surface area contributed by atoms with Crippen molar-refractivity contribution in [2.24, 2.45) is 7.05 Å². The van der Waals surface area contributed by atoms with E-state index in [1.807, 2.05) is 42.3 Å². The van der Waals surface area contributed by atoms with Crippen LogP contribution in [0, 0.1) is 0 Å². The summed E-state index contributed by atoms with van der Waals surface area (Å²) >= 11 is 0. The van der Waals surface area contributed by atoms with Crippen molar-refractivity contribution in [3.05, 3.63) is 54.1 Å². The number of imidazole rings is 1. The van der Waals surface area contributed by atoms with Crippen LogP contribution in [-0.4, -0.2) is 68.5 Å². The third-order valence-electron chi connectivity index (χ3n) is 7.03. The van der Waals surface area contributed by atoms with E-state index in [1.54, 1.807) is 17.0 Å². The summed E-state index contributed by atoms with van der Waals surface area (Å²) in [7, 11) is 1.84. The number of amides is 2. The maximum absolute atomic E-state index is 13.3. The van der Waals surface area contributed by atoms with Gasteiger partial charge in [-0.25, -0.2) is 4.98 Å². The molecule has 0 N–H and O–H groups in total. The second kappa shape index (κ2) is 8.11. The van der Waals surface area contributed by atoms with E-state index in [2.05, 4.69) is 9.88 Å². The molecule has 0 bridgehead atoms. The number of aromatic nitrogens is 2. The van der Waals surface area contributed by atoms with Crippen molar-refractivity contribution in [3.63, 3.8) is 0 Å². The van der Waals surface area contributed by atoms with Gasteiger partial charge in [-0.1, -0.05) is 18.2 Å². The van der Waals surface area contributed by atoms with E-state index in [4.69, 9.17) is 4.74 Å². The lowest BCUT2D eigenvalue weighted by Crippen LogP contribution is -2.56. The Morgan fingerprint density at radius 2 is 1.84 bits per heavy atom. The summed E-state index contributed by atoms with van der Waals surface area (Å²) in [6.45, 7) is 1.99. The first-order valence-electron chi connectivity index (χ1n) is 11.3. The predicted octanol–water partition coefficient (Wildman–Crippen LogP) is 2.88. The minimum atomic E-state index is -0.245. The molecule has 164 valence electrons. The Morgan fingerprint density at radius 1 is 1.10 bits per heavy atom. The summed E-state index contributed by atoms with van der Waals surface area (Å²) in [5.41, 5.74) is 0.524. The first-order chi connectivity index (χ1) is 15.1. The van der Waals surface area contributed by atoms with Gasteiger partial charge >= 0.3 is 0 Å². The van der Waals surface area contributed by atoms with Gasteiger partial charge in [0.25, 0.3) is 11.8 Å². The molecule has 3 fully saturated rings. The molecule has 2 saturated heterocycles. The van der Waals surface area contributed by atoms with Crippen molar-refractivity contribution >= 4 is 11.8 Å². The fraction of sp³-hybridized carbons (Fsp3) is 0.542. The molecule has 1 saturated carbocycles. The van der Waals surface area contributed by atoms with Crippen LogP contribution in [0.15, 0.2) is 42.7 Å². The van der Waals surface area contributed by atoms with Gasteiger partial charge in [-0.2, -0.15) is 0 Å². The molecule has 3 aliphatic rings. The Bertz CT molecular complexity index is 945. The first-order valence-corrected chi connectivity index (χ1v) is 11.3. The number of piperidine rings is 1. The number of carbonyl (C=O) groups excluding carboxylic acids is 2. The number of hydrogen-bond donors (Lipinski definition) is 0. The molecule has 31 heavy (non-hydrogen) atoms.